The summed E-state index contributed by atoms with van der Waals surface area (Å²) in [5.74, 6) is 2.38. The first kappa shape index (κ1) is 15.9. The Balaban J connectivity index is 1.63. The summed E-state index contributed by atoms with van der Waals surface area (Å²) in [6, 6.07) is 9.87. The summed E-state index contributed by atoms with van der Waals surface area (Å²) in [5.41, 5.74) is 1.34. The number of carbonyl (C=O) groups is 1. The number of benzene rings is 1. The highest BCUT2D eigenvalue weighted by molar-refractivity contribution is 5.93. The second-order valence-corrected chi connectivity index (χ2v) is 5.51. The second-order valence-electron chi connectivity index (χ2n) is 5.51. The van der Waals surface area contributed by atoms with E-state index in [2.05, 4.69) is 20.5 Å². The van der Waals surface area contributed by atoms with Crippen molar-refractivity contribution in [3.8, 4) is 11.4 Å². The summed E-state index contributed by atoms with van der Waals surface area (Å²) in [5, 5.41) is 11.3. The number of hydrogen-bond acceptors (Lipinski definition) is 5. The van der Waals surface area contributed by atoms with E-state index in [0.29, 0.717) is 30.3 Å². The van der Waals surface area contributed by atoms with Gasteiger partial charge in [-0.05, 0) is 6.92 Å². The number of hydrogen-bond donors (Lipinski definition) is 1. The Hall–Kier alpha value is -2.96. The zero-order valence-corrected chi connectivity index (χ0v) is 13.9. The standard InChI is InChI=1S/C17H19N5O2/c1-11-15(19-12(2)24-11)17(23)18-10-9-14-20-21-16(22(14)3)13-7-5-4-6-8-13/h4-8H,9-10H2,1-3H3,(H,18,23). The average Bonchev–Trinajstić information content (AvgIpc) is 3.10. The Morgan fingerprint density at radius 2 is 1.96 bits per heavy atom. The summed E-state index contributed by atoms with van der Waals surface area (Å²) < 4.78 is 7.21. The Morgan fingerprint density at radius 1 is 1.21 bits per heavy atom. The average molecular weight is 325 g/mol. The molecule has 0 aliphatic rings. The van der Waals surface area contributed by atoms with Gasteiger partial charge in [-0.3, -0.25) is 4.79 Å². The van der Waals surface area contributed by atoms with E-state index in [4.69, 9.17) is 4.42 Å². The lowest BCUT2D eigenvalue weighted by atomic mass is 10.2. The lowest BCUT2D eigenvalue weighted by Crippen LogP contribution is -2.27. The molecule has 1 amide bonds. The van der Waals surface area contributed by atoms with Crippen molar-refractivity contribution in [1.29, 1.82) is 0 Å². The smallest absolute Gasteiger partial charge is 0.273 e. The highest BCUT2D eigenvalue weighted by Crippen LogP contribution is 2.16. The van der Waals surface area contributed by atoms with Crippen LogP contribution in [0.3, 0.4) is 0 Å². The van der Waals surface area contributed by atoms with Crippen molar-refractivity contribution in [3.05, 3.63) is 53.5 Å². The van der Waals surface area contributed by atoms with Crippen molar-refractivity contribution < 1.29 is 9.21 Å². The zero-order chi connectivity index (χ0) is 17.1. The van der Waals surface area contributed by atoms with E-state index in [-0.39, 0.29) is 5.91 Å². The maximum absolute atomic E-state index is 12.1. The Kier molecular flexibility index (Phi) is 4.41. The quantitative estimate of drug-likeness (QED) is 0.776. The molecule has 7 nitrogen and oxygen atoms in total. The lowest BCUT2D eigenvalue weighted by molar-refractivity contribution is 0.0948. The third-order valence-electron chi connectivity index (χ3n) is 3.75. The van der Waals surface area contributed by atoms with Crippen LogP contribution in [-0.4, -0.2) is 32.2 Å². The molecule has 0 spiro atoms. The van der Waals surface area contributed by atoms with Crippen molar-refractivity contribution >= 4 is 5.91 Å². The molecule has 3 rings (SSSR count). The molecule has 3 aromatic rings. The molecule has 1 aromatic carbocycles. The molecule has 1 N–H and O–H groups in total. The van der Waals surface area contributed by atoms with Gasteiger partial charge in [0.05, 0.1) is 0 Å². The summed E-state index contributed by atoms with van der Waals surface area (Å²) in [6.45, 7) is 3.89. The van der Waals surface area contributed by atoms with Crippen LogP contribution in [0.5, 0.6) is 0 Å². The maximum atomic E-state index is 12.1. The molecule has 0 fully saturated rings. The van der Waals surface area contributed by atoms with Crippen LogP contribution >= 0.6 is 0 Å². The van der Waals surface area contributed by atoms with E-state index >= 15 is 0 Å². The SMILES string of the molecule is Cc1nc(C(=O)NCCc2nnc(-c3ccccc3)n2C)c(C)o1. The first-order valence-electron chi connectivity index (χ1n) is 7.72. The van der Waals surface area contributed by atoms with E-state index in [1.54, 1.807) is 13.8 Å². The van der Waals surface area contributed by atoms with E-state index in [0.717, 1.165) is 17.2 Å². The predicted molar refractivity (Wildman–Crippen MR) is 88.5 cm³/mol. The minimum atomic E-state index is -0.241. The van der Waals surface area contributed by atoms with Crippen molar-refractivity contribution in [3.63, 3.8) is 0 Å². The van der Waals surface area contributed by atoms with Crippen molar-refractivity contribution in [2.75, 3.05) is 6.54 Å². The number of oxazole rings is 1. The molecule has 0 saturated carbocycles. The molecule has 7 heteroatoms. The fourth-order valence-corrected chi connectivity index (χ4v) is 2.53. The molecular weight excluding hydrogens is 306 g/mol. The predicted octanol–water partition coefficient (Wildman–Crippen LogP) is 2.06. The molecule has 124 valence electrons. The number of rotatable bonds is 5. The number of carbonyl (C=O) groups excluding carboxylic acids is 1. The van der Waals surface area contributed by atoms with Gasteiger partial charge in [-0.25, -0.2) is 4.98 Å². The van der Waals surface area contributed by atoms with Crippen molar-refractivity contribution in [1.82, 2.24) is 25.1 Å². The fourth-order valence-electron chi connectivity index (χ4n) is 2.53. The number of nitrogens with zero attached hydrogens (tertiary/aromatic N) is 4. The summed E-state index contributed by atoms with van der Waals surface area (Å²) in [4.78, 5) is 16.2. The van der Waals surface area contributed by atoms with Gasteiger partial charge in [-0.2, -0.15) is 0 Å². The minimum absolute atomic E-state index is 0.241. The fraction of sp³-hybridized carbons (Fsp3) is 0.294. The van der Waals surface area contributed by atoms with Crippen LogP contribution in [0.1, 0.15) is 28.0 Å². The van der Waals surface area contributed by atoms with Crippen LogP contribution in [0, 0.1) is 13.8 Å². The Morgan fingerprint density at radius 3 is 2.62 bits per heavy atom. The topological polar surface area (TPSA) is 85.8 Å². The van der Waals surface area contributed by atoms with Crippen LogP contribution in [0.15, 0.2) is 34.7 Å². The van der Waals surface area contributed by atoms with Gasteiger partial charge in [-0.15, -0.1) is 10.2 Å². The molecule has 2 aromatic heterocycles. The van der Waals surface area contributed by atoms with Crippen molar-refractivity contribution in [2.24, 2.45) is 7.05 Å². The van der Waals surface area contributed by atoms with Crippen LogP contribution in [-0.2, 0) is 13.5 Å². The van der Waals surface area contributed by atoms with Gasteiger partial charge < -0.3 is 14.3 Å². The van der Waals surface area contributed by atoms with Gasteiger partial charge in [-0.1, -0.05) is 30.3 Å². The van der Waals surface area contributed by atoms with Gasteiger partial charge in [0, 0.05) is 32.5 Å². The molecule has 0 radical (unpaired) electrons. The molecule has 0 aliphatic carbocycles. The number of nitrogens with one attached hydrogen (secondary N) is 1. The highest BCUT2D eigenvalue weighted by Gasteiger charge is 2.16. The molecule has 0 bridgehead atoms. The Bertz CT molecular complexity index is 851. The van der Waals surface area contributed by atoms with E-state index in [1.165, 1.54) is 0 Å². The minimum Gasteiger partial charge on any atom is -0.445 e. The van der Waals surface area contributed by atoms with Crippen LogP contribution in [0.2, 0.25) is 0 Å². The van der Waals surface area contributed by atoms with E-state index in [1.807, 2.05) is 41.9 Å². The number of aromatic nitrogens is 4. The van der Waals surface area contributed by atoms with Gasteiger partial charge in [0.1, 0.15) is 11.6 Å². The third kappa shape index (κ3) is 3.19. The highest BCUT2D eigenvalue weighted by atomic mass is 16.4. The number of amides is 1. The molecule has 2 heterocycles. The third-order valence-corrected chi connectivity index (χ3v) is 3.75. The normalized spacial score (nSPS) is 10.8. The summed E-state index contributed by atoms with van der Waals surface area (Å²) in [7, 11) is 1.92. The summed E-state index contributed by atoms with van der Waals surface area (Å²) >= 11 is 0. The monoisotopic (exact) mass is 325 g/mol. The largest absolute Gasteiger partial charge is 0.445 e. The van der Waals surface area contributed by atoms with Gasteiger partial charge in [0.2, 0.25) is 0 Å². The molecule has 0 aliphatic heterocycles. The van der Waals surface area contributed by atoms with Crippen LogP contribution < -0.4 is 5.32 Å². The molecular formula is C17H19N5O2. The zero-order valence-electron chi connectivity index (χ0n) is 13.9. The van der Waals surface area contributed by atoms with Crippen LogP contribution in [0.4, 0.5) is 0 Å². The summed E-state index contributed by atoms with van der Waals surface area (Å²) in [6.07, 6.45) is 0.581. The van der Waals surface area contributed by atoms with E-state index in [9.17, 15) is 4.79 Å². The molecule has 0 atom stereocenters. The van der Waals surface area contributed by atoms with Gasteiger partial charge >= 0.3 is 0 Å². The second kappa shape index (κ2) is 6.66. The number of aryl methyl sites for hydroxylation is 2. The van der Waals surface area contributed by atoms with E-state index < -0.39 is 0 Å². The maximum Gasteiger partial charge on any atom is 0.273 e. The lowest BCUT2D eigenvalue weighted by Gasteiger charge is -2.05. The molecule has 0 unspecified atom stereocenters. The molecule has 24 heavy (non-hydrogen) atoms. The van der Waals surface area contributed by atoms with Gasteiger partial charge in [0.15, 0.2) is 17.4 Å². The Labute approximate surface area is 139 Å². The van der Waals surface area contributed by atoms with Crippen LogP contribution in [0.25, 0.3) is 11.4 Å². The van der Waals surface area contributed by atoms with Crippen molar-refractivity contribution in [2.45, 2.75) is 20.3 Å². The first-order chi connectivity index (χ1) is 11.6. The van der Waals surface area contributed by atoms with Gasteiger partial charge in [0.25, 0.3) is 5.91 Å². The molecule has 0 saturated heterocycles. The first-order valence-corrected chi connectivity index (χ1v) is 7.72.